The number of hydrogen-bond acceptors (Lipinski definition) is 4. The van der Waals surface area contributed by atoms with Crippen LogP contribution in [0.3, 0.4) is 0 Å². The molecule has 3 rings (SSSR count). The molecule has 2 amide bonds. The molecule has 8 heteroatoms. The second-order valence-corrected chi connectivity index (χ2v) is 7.74. The van der Waals surface area contributed by atoms with E-state index in [1.165, 1.54) is 12.1 Å². The first-order valence-electron chi connectivity index (χ1n) is 10.0. The molecule has 0 aliphatic carbocycles. The van der Waals surface area contributed by atoms with Gasteiger partial charge in [0.2, 0.25) is 0 Å². The average Bonchev–Trinajstić information content (AvgIpc) is 2.74. The lowest BCUT2D eigenvalue weighted by atomic mass is 10.2. The van der Waals surface area contributed by atoms with Gasteiger partial charge in [0, 0.05) is 49.1 Å². The van der Waals surface area contributed by atoms with Crippen molar-refractivity contribution in [3.63, 3.8) is 0 Å². The van der Waals surface area contributed by atoms with Crippen LogP contribution in [0.1, 0.15) is 12.0 Å². The lowest BCUT2D eigenvalue weighted by Gasteiger charge is -2.36. The molecule has 1 aliphatic heterocycles. The van der Waals surface area contributed by atoms with Crippen molar-refractivity contribution in [3.8, 4) is 0 Å². The Hall–Kier alpha value is -2.64. The molecule has 0 atom stereocenters. The van der Waals surface area contributed by atoms with E-state index in [-0.39, 0.29) is 5.82 Å². The van der Waals surface area contributed by atoms with E-state index in [2.05, 4.69) is 20.4 Å². The number of nitrogens with zero attached hydrogens (tertiary/aromatic N) is 2. The third-order valence-electron chi connectivity index (χ3n) is 5.14. The van der Waals surface area contributed by atoms with E-state index < -0.39 is 11.8 Å². The molecule has 0 radical (unpaired) electrons. The van der Waals surface area contributed by atoms with E-state index in [0.717, 1.165) is 50.4 Å². The zero-order valence-electron chi connectivity index (χ0n) is 17.0. The molecule has 2 aromatic rings. The van der Waals surface area contributed by atoms with Crippen LogP contribution in [-0.2, 0) is 9.59 Å². The summed E-state index contributed by atoms with van der Waals surface area (Å²) in [4.78, 5) is 28.5. The summed E-state index contributed by atoms with van der Waals surface area (Å²) in [6, 6.07) is 11.7. The molecule has 0 saturated carbocycles. The second kappa shape index (κ2) is 10.4. The van der Waals surface area contributed by atoms with Gasteiger partial charge >= 0.3 is 11.8 Å². The molecule has 6 nitrogen and oxygen atoms in total. The highest BCUT2D eigenvalue weighted by Gasteiger charge is 2.17. The number of piperazine rings is 1. The van der Waals surface area contributed by atoms with Crippen molar-refractivity contribution in [2.75, 3.05) is 49.5 Å². The Morgan fingerprint density at radius 2 is 1.73 bits per heavy atom. The topological polar surface area (TPSA) is 64.7 Å². The van der Waals surface area contributed by atoms with Gasteiger partial charge in [0.05, 0.1) is 0 Å². The van der Waals surface area contributed by atoms with Crippen molar-refractivity contribution in [3.05, 3.63) is 58.9 Å². The van der Waals surface area contributed by atoms with Crippen LogP contribution in [0.15, 0.2) is 42.5 Å². The molecule has 0 spiro atoms. The number of nitrogens with one attached hydrogen (secondary N) is 2. The van der Waals surface area contributed by atoms with Gasteiger partial charge in [0.15, 0.2) is 0 Å². The van der Waals surface area contributed by atoms with Gasteiger partial charge in [0.1, 0.15) is 5.82 Å². The maximum Gasteiger partial charge on any atom is 0.313 e. The lowest BCUT2D eigenvalue weighted by molar-refractivity contribution is -0.136. The first kappa shape index (κ1) is 22.1. The van der Waals surface area contributed by atoms with E-state index >= 15 is 0 Å². The fourth-order valence-corrected chi connectivity index (χ4v) is 3.51. The minimum Gasteiger partial charge on any atom is -0.369 e. The summed E-state index contributed by atoms with van der Waals surface area (Å²) in [7, 11) is 0. The summed E-state index contributed by atoms with van der Waals surface area (Å²) in [6.07, 6.45) is 0.756. The van der Waals surface area contributed by atoms with Crippen LogP contribution in [-0.4, -0.2) is 56.0 Å². The van der Waals surface area contributed by atoms with Crippen molar-refractivity contribution in [1.29, 1.82) is 0 Å². The summed E-state index contributed by atoms with van der Waals surface area (Å²) < 4.78 is 13.0. The summed E-state index contributed by atoms with van der Waals surface area (Å²) in [6.45, 7) is 6.69. The van der Waals surface area contributed by atoms with Crippen LogP contribution < -0.4 is 15.5 Å². The monoisotopic (exact) mass is 432 g/mol. The molecular weight excluding hydrogens is 407 g/mol. The summed E-state index contributed by atoms with van der Waals surface area (Å²) in [5, 5.41) is 5.74. The highest BCUT2D eigenvalue weighted by molar-refractivity contribution is 6.39. The fourth-order valence-electron chi connectivity index (χ4n) is 3.32. The zero-order valence-corrected chi connectivity index (χ0v) is 17.7. The van der Waals surface area contributed by atoms with Crippen molar-refractivity contribution < 1.29 is 14.0 Å². The highest BCUT2D eigenvalue weighted by atomic mass is 35.5. The standard InChI is InChI=1S/C22H26ClFN4O2/c1-16-3-6-18(15-20(16)23)26-22(30)21(29)25-9-2-10-27-11-13-28(14-12-27)19-7-4-17(24)5-8-19/h3-8,15H,2,9-14H2,1H3,(H,25,29)(H,26,30). The Morgan fingerprint density at radius 1 is 1.03 bits per heavy atom. The summed E-state index contributed by atoms with van der Waals surface area (Å²) in [5.74, 6) is -1.59. The number of aryl methyl sites for hydroxylation is 1. The predicted octanol–water partition coefficient (Wildman–Crippen LogP) is 3.05. The molecule has 1 fully saturated rings. The number of carbonyl (C=O) groups excluding carboxylic acids is 2. The van der Waals surface area contributed by atoms with E-state index in [9.17, 15) is 14.0 Å². The fraction of sp³-hybridized carbons (Fsp3) is 0.364. The molecule has 1 heterocycles. The Morgan fingerprint density at radius 3 is 2.40 bits per heavy atom. The Balaban J connectivity index is 1.33. The van der Waals surface area contributed by atoms with Crippen LogP contribution >= 0.6 is 11.6 Å². The normalized spacial score (nSPS) is 14.4. The van der Waals surface area contributed by atoms with Crippen molar-refractivity contribution in [1.82, 2.24) is 10.2 Å². The van der Waals surface area contributed by atoms with Gasteiger partial charge in [-0.2, -0.15) is 0 Å². The van der Waals surface area contributed by atoms with Crippen LogP contribution in [0.4, 0.5) is 15.8 Å². The van der Waals surface area contributed by atoms with Gasteiger partial charge in [-0.25, -0.2) is 4.39 Å². The quantitative estimate of drug-likeness (QED) is 0.544. The molecule has 1 saturated heterocycles. The Kier molecular flexibility index (Phi) is 7.65. The van der Waals surface area contributed by atoms with E-state index in [1.54, 1.807) is 30.3 Å². The van der Waals surface area contributed by atoms with Gasteiger partial charge in [0.25, 0.3) is 0 Å². The number of amides is 2. The van der Waals surface area contributed by atoms with Gasteiger partial charge in [-0.3, -0.25) is 14.5 Å². The van der Waals surface area contributed by atoms with Crippen LogP contribution in [0.25, 0.3) is 0 Å². The Labute approximate surface area is 181 Å². The van der Waals surface area contributed by atoms with Crippen LogP contribution in [0.5, 0.6) is 0 Å². The molecular formula is C22H26ClFN4O2. The van der Waals surface area contributed by atoms with Gasteiger partial charge < -0.3 is 15.5 Å². The summed E-state index contributed by atoms with van der Waals surface area (Å²) >= 11 is 6.03. The van der Waals surface area contributed by atoms with Crippen molar-refractivity contribution >= 4 is 34.8 Å². The second-order valence-electron chi connectivity index (χ2n) is 7.33. The highest BCUT2D eigenvalue weighted by Crippen LogP contribution is 2.20. The number of benzene rings is 2. The maximum absolute atomic E-state index is 13.0. The molecule has 30 heavy (non-hydrogen) atoms. The third kappa shape index (κ3) is 6.18. The molecule has 160 valence electrons. The predicted molar refractivity (Wildman–Crippen MR) is 117 cm³/mol. The van der Waals surface area contributed by atoms with Crippen molar-refractivity contribution in [2.45, 2.75) is 13.3 Å². The maximum atomic E-state index is 13.0. The smallest absolute Gasteiger partial charge is 0.313 e. The number of halogens is 2. The molecule has 1 aliphatic rings. The van der Waals surface area contributed by atoms with Crippen LogP contribution in [0.2, 0.25) is 5.02 Å². The molecule has 2 aromatic carbocycles. The third-order valence-corrected chi connectivity index (χ3v) is 5.54. The number of anilines is 2. The average molecular weight is 433 g/mol. The minimum atomic E-state index is -0.706. The summed E-state index contributed by atoms with van der Waals surface area (Å²) in [5.41, 5.74) is 2.42. The number of rotatable bonds is 6. The molecule has 0 aromatic heterocycles. The minimum absolute atomic E-state index is 0.226. The van der Waals surface area contributed by atoms with Crippen molar-refractivity contribution in [2.24, 2.45) is 0 Å². The zero-order chi connectivity index (χ0) is 21.5. The largest absolute Gasteiger partial charge is 0.369 e. The molecule has 0 bridgehead atoms. The SMILES string of the molecule is Cc1ccc(NC(=O)C(=O)NCCCN2CCN(c3ccc(F)cc3)CC2)cc1Cl. The Bertz CT molecular complexity index is 883. The van der Waals surface area contributed by atoms with Crippen LogP contribution in [0, 0.1) is 12.7 Å². The first-order valence-corrected chi connectivity index (χ1v) is 10.4. The number of hydrogen-bond donors (Lipinski definition) is 2. The van der Waals surface area contributed by atoms with Gasteiger partial charge in [-0.15, -0.1) is 0 Å². The lowest BCUT2D eigenvalue weighted by Crippen LogP contribution is -2.47. The van der Waals surface area contributed by atoms with E-state index in [4.69, 9.17) is 11.6 Å². The molecule has 2 N–H and O–H groups in total. The first-order chi connectivity index (χ1) is 14.4. The number of carbonyl (C=O) groups is 2. The van der Waals surface area contributed by atoms with Gasteiger partial charge in [-0.05, 0) is 61.9 Å². The van der Waals surface area contributed by atoms with Gasteiger partial charge in [-0.1, -0.05) is 17.7 Å². The van der Waals surface area contributed by atoms with E-state index in [0.29, 0.717) is 17.3 Å². The van der Waals surface area contributed by atoms with E-state index in [1.807, 2.05) is 6.92 Å². The molecule has 0 unspecified atom stereocenters.